The lowest BCUT2D eigenvalue weighted by atomic mass is 9.99. The molecule has 100 valence electrons. The molecular weight excluding hydrogens is 245 g/mol. The van der Waals surface area contributed by atoms with Crippen LogP contribution < -0.4 is 5.32 Å². The first-order valence-corrected chi connectivity index (χ1v) is 7.73. The second kappa shape index (κ2) is 6.07. The quantitative estimate of drug-likeness (QED) is 0.868. The summed E-state index contributed by atoms with van der Waals surface area (Å²) in [7, 11) is 0. The fraction of sp³-hybridized carbons (Fsp3) is 0.600. The maximum absolute atomic E-state index is 13.4. The van der Waals surface area contributed by atoms with E-state index >= 15 is 0 Å². The standard InChI is InChI=1S/C15H22FNS/c1-10(2)8-11(3)17-14-6-7-18-15-5-4-12(16)9-13(14)15/h4-5,9-11,14,17H,6-8H2,1-3H3. The Morgan fingerprint density at radius 3 is 2.89 bits per heavy atom. The average Bonchev–Trinajstić information content (AvgIpc) is 2.28. The number of hydrogen-bond donors (Lipinski definition) is 1. The van der Waals surface area contributed by atoms with Crippen LogP contribution in [0, 0.1) is 11.7 Å². The Balaban J connectivity index is 2.09. The topological polar surface area (TPSA) is 12.0 Å². The lowest BCUT2D eigenvalue weighted by Gasteiger charge is -2.29. The minimum atomic E-state index is -0.125. The van der Waals surface area contributed by atoms with E-state index in [1.165, 1.54) is 4.90 Å². The molecule has 0 aromatic heterocycles. The third-order valence-electron chi connectivity index (χ3n) is 3.32. The van der Waals surface area contributed by atoms with Crippen molar-refractivity contribution < 1.29 is 4.39 Å². The smallest absolute Gasteiger partial charge is 0.123 e. The van der Waals surface area contributed by atoms with Crippen LogP contribution in [0.4, 0.5) is 4.39 Å². The Hall–Kier alpha value is -0.540. The van der Waals surface area contributed by atoms with E-state index in [4.69, 9.17) is 0 Å². The van der Waals surface area contributed by atoms with Gasteiger partial charge in [-0.2, -0.15) is 0 Å². The van der Waals surface area contributed by atoms with Crippen molar-refractivity contribution in [2.75, 3.05) is 5.75 Å². The monoisotopic (exact) mass is 267 g/mol. The van der Waals surface area contributed by atoms with Crippen molar-refractivity contribution in [3.8, 4) is 0 Å². The molecule has 0 bridgehead atoms. The maximum Gasteiger partial charge on any atom is 0.123 e. The molecule has 18 heavy (non-hydrogen) atoms. The highest BCUT2D eigenvalue weighted by molar-refractivity contribution is 7.99. The third kappa shape index (κ3) is 3.48. The van der Waals surface area contributed by atoms with Gasteiger partial charge in [0.2, 0.25) is 0 Å². The number of nitrogens with one attached hydrogen (secondary N) is 1. The predicted octanol–water partition coefficient (Wildman–Crippen LogP) is 4.39. The first-order chi connectivity index (χ1) is 8.56. The number of halogens is 1. The molecule has 2 atom stereocenters. The van der Waals surface area contributed by atoms with Gasteiger partial charge in [-0.25, -0.2) is 4.39 Å². The van der Waals surface area contributed by atoms with Crippen molar-refractivity contribution >= 4 is 11.8 Å². The molecule has 0 radical (unpaired) electrons. The van der Waals surface area contributed by atoms with Crippen molar-refractivity contribution in [3.63, 3.8) is 0 Å². The van der Waals surface area contributed by atoms with Crippen molar-refractivity contribution in [1.29, 1.82) is 0 Å². The molecule has 1 aromatic rings. The molecular formula is C15H22FNS. The molecule has 1 aliphatic rings. The first-order valence-electron chi connectivity index (χ1n) is 6.74. The zero-order valence-electron chi connectivity index (χ0n) is 11.4. The molecule has 0 saturated carbocycles. The molecule has 0 spiro atoms. The van der Waals surface area contributed by atoms with Crippen LogP contribution in [0.1, 0.15) is 45.2 Å². The normalized spacial score (nSPS) is 20.8. The highest BCUT2D eigenvalue weighted by Crippen LogP contribution is 2.36. The Bertz CT molecular complexity index is 405. The molecule has 3 heteroatoms. The van der Waals surface area contributed by atoms with E-state index < -0.39 is 0 Å². The van der Waals surface area contributed by atoms with E-state index in [-0.39, 0.29) is 5.82 Å². The molecule has 0 aliphatic carbocycles. The summed E-state index contributed by atoms with van der Waals surface area (Å²) in [6.45, 7) is 6.70. The fourth-order valence-electron chi connectivity index (χ4n) is 2.66. The Morgan fingerprint density at radius 1 is 1.39 bits per heavy atom. The van der Waals surface area contributed by atoms with Crippen molar-refractivity contribution in [1.82, 2.24) is 5.32 Å². The van der Waals surface area contributed by atoms with Gasteiger partial charge < -0.3 is 5.32 Å². The summed E-state index contributed by atoms with van der Waals surface area (Å²) in [5.41, 5.74) is 1.14. The summed E-state index contributed by atoms with van der Waals surface area (Å²) in [6.07, 6.45) is 2.25. The van der Waals surface area contributed by atoms with E-state index in [0.29, 0.717) is 18.0 Å². The molecule has 0 saturated heterocycles. The van der Waals surface area contributed by atoms with E-state index in [9.17, 15) is 4.39 Å². The summed E-state index contributed by atoms with van der Waals surface area (Å²) in [4.78, 5) is 1.23. The fourth-order valence-corrected chi connectivity index (χ4v) is 3.76. The molecule has 1 aliphatic heterocycles. The highest BCUT2D eigenvalue weighted by atomic mass is 32.2. The molecule has 2 rings (SSSR count). The largest absolute Gasteiger partial charge is 0.307 e. The van der Waals surface area contributed by atoms with Crippen LogP contribution in [0.15, 0.2) is 23.1 Å². The summed E-state index contributed by atoms with van der Waals surface area (Å²) in [5, 5.41) is 3.65. The van der Waals surface area contributed by atoms with Gasteiger partial charge in [0.05, 0.1) is 0 Å². The lowest BCUT2D eigenvalue weighted by molar-refractivity contribution is 0.384. The maximum atomic E-state index is 13.4. The van der Waals surface area contributed by atoms with Gasteiger partial charge in [-0.1, -0.05) is 13.8 Å². The summed E-state index contributed by atoms with van der Waals surface area (Å²) < 4.78 is 13.4. The van der Waals surface area contributed by atoms with Crippen LogP contribution >= 0.6 is 11.8 Å². The van der Waals surface area contributed by atoms with Crippen molar-refractivity contribution in [2.24, 2.45) is 5.92 Å². The minimum Gasteiger partial charge on any atom is -0.307 e. The molecule has 1 aromatic carbocycles. The number of benzene rings is 1. The third-order valence-corrected chi connectivity index (χ3v) is 4.44. The predicted molar refractivity (Wildman–Crippen MR) is 76.5 cm³/mol. The van der Waals surface area contributed by atoms with E-state index in [0.717, 1.165) is 24.2 Å². The summed E-state index contributed by atoms with van der Waals surface area (Å²) >= 11 is 1.84. The van der Waals surface area contributed by atoms with Gasteiger partial charge in [0.1, 0.15) is 5.82 Å². The van der Waals surface area contributed by atoms with Gasteiger partial charge in [-0.3, -0.25) is 0 Å². The lowest BCUT2D eigenvalue weighted by Crippen LogP contribution is -2.33. The summed E-state index contributed by atoms with van der Waals surface area (Å²) in [6, 6.07) is 5.96. The molecule has 1 nitrogen and oxygen atoms in total. The zero-order chi connectivity index (χ0) is 13.1. The first kappa shape index (κ1) is 13.9. The number of hydrogen-bond acceptors (Lipinski definition) is 2. The van der Waals surface area contributed by atoms with Crippen LogP contribution in [-0.4, -0.2) is 11.8 Å². The SMILES string of the molecule is CC(C)CC(C)NC1CCSc2ccc(F)cc21. The van der Waals surface area contributed by atoms with Crippen molar-refractivity contribution in [2.45, 2.75) is 50.6 Å². The Morgan fingerprint density at radius 2 is 2.17 bits per heavy atom. The van der Waals surface area contributed by atoms with Gasteiger partial charge in [0.25, 0.3) is 0 Å². The second-order valence-corrected chi connectivity index (χ2v) is 6.71. The number of thioether (sulfide) groups is 1. The Labute approximate surface area is 114 Å². The molecule has 1 N–H and O–H groups in total. The molecule has 2 unspecified atom stereocenters. The minimum absolute atomic E-state index is 0.125. The zero-order valence-corrected chi connectivity index (χ0v) is 12.2. The van der Waals surface area contributed by atoms with Gasteiger partial charge in [0, 0.05) is 17.0 Å². The highest BCUT2D eigenvalue weighted by Gasteiger charge is 2.22. The summed E-state index contributed by atoms with van der Waals surface area (Å²) in [5.74, 6) is 1.68. The van der Waals surface area contributed by atoms with Gasteiger partial charge in [-0.15, -0.1) is 11.8 Å². The van der Waals surface area contributed by atoms with Crippen LogP contribution in [0.5, 0.6) is 0 Å². The van der Waals surface area contributed by atoms with Crippen molar-refractivity contribution in [3.05, 3.63) is 29.6 Å². The van der Waals surface area contributed by atoms with Gasteiger partial charge >= 0.3 is 0 Å². The van der Waals surface area contributed by atoms with E-state index in [1.807, 2.05) is 17.8 Å². The number of fused-ring (bicyclic) bond motifs is 1. The van der Waals surface area contributed by atoms with Gasteiger partial charge in [0.15, 0.2) is 0 Å². The molecule has 1 heterocycles. The van der Waals surface area contributed by atoms with Crippen LogP contribution in [0.25, 0.3) is 0 Å². The van der Waals surface area contributed by atoms with Crippen LogP contribution in [-0.2, 0) is 0 Å². The average molecular weight is 267 g/mol. The molecule has 0 amide bonds. The molecule has 0 fully saturated rings. The number of rotatable bonds is 4. The van der Waals surface area contributed by atoms with Gasteiger partial charge in [-0.05, 0) is 55.2 Å². The van der Waals surface area contributed by atoms with Crippen LogP contribution in [0.2, 0.25) is 0 Å². The van der Waals surface area contributed by atoms with E-state index in [2.05, 4.69) is 26.1 Å². The van der Waals surface area contributed by atoms with Crippen LogP contribution in [0.3, 0.4) is 0 Å². The Kier molecular flexibility index (Phi) is 4.68. The second-order valence-electron chi connectivity index (χ2n) is 5.57. The van der Waals surface area contributed by atoms with E-state index in [1.54, 1.807) is 12.1 Å².